The van der Waals surface area contributed by atoms with Gasteiger partial charge in [0.2, 0.25) is 0 Å². The number of carboxylic acid groups (broad SMARTS) is 1. The van der Waals surface area contributed by atoms with Crippen LogP contribution < -0.4 is 11.2 Å². The van der Waals surface area contributed by atoms with E-state index in [-0.39, 0.29) is 24.5 Å². The fraction of sp³-hybridized carbons (Fsp3) is 0.389. The van der Waals surface area contributed by atoms with Crippen molar-refractivity contribution in [2.45, 2.75) is 38.7 Å². The Morgan fingerprint density at radius 3 is 2.30 bits per heavy atom. The molecule has 12 heteroatoms. The maximum atomic E-state index is 12.2. The average Bonchev–Trinajstić information content (AvgIpc) is 2.69. The van der Waals surface area contributed by atoms with E-state index in [1.54, 1.807) is 12.1 Å². The van der Waals surface area contributed by atoms with Gasteiger partial charge in [-0.2, -0.15) is 4.98 Å². The third kappa shape index (κ3) is 4.68. The molecule has 0 fully saturated rings. The second kappa shape index (κ2) is 9.54. The molecule has 0 bridgehead atoms. The number of hydrogen-bond acceptors (Lipinski definition) is 9. The Balaban J connectivity index is 0.00000101. The van der Waals surface area contributed by atoms with Crippen LogP contribution in [0, 0.1) is 13.8 Å². The molecule has 12 nitrogen and oxygen atoms in total. The van der Waals surface area contributed by atoms with Crippen molar-refractivity contribution in [2.24, 2.45) is 0 Å². The molecule has 1 aromatic rings. The number of aliphatic hydroxyl groups excluding tert-OH is 4. The first kappa shape index (κ1) is 23.1. The highest BCUT2D eigenvalue weighted by Gasteiger charge is 2.27. The van der Waals surface area contributed by atoms with Crippen LogP contribution in [-0.2, 0) is 11.3 Å². The number of nitrogens with zero attached hydrogens (tertiary/aromatic N) is 3. The third-order valence-electron chi connectivity index (χ3n) is 4.57. The summed E-state index contributed by atoms with van der Waals surface area (Å²) in [6.07, 6.45) is -4.68. The van der Waals surface area contributed by atoms with Gasteiger partial charge in [0.05, 0.1) is 24.2 Å². The minimum atomic E-state index is -1.64. The van der Waals surface area contributed by atoms with Gasteiger partial charge in [0.15, 0.2) is 11.5 Å². The highest BCUT2D eigenvalue weighted by atomic mass is 16.4. The number of benzene rings is 1. The van der Waals surface area contributed by atoms with Crippen LogP contribution in [0.4, 0.5) is 0 Å². The Labute approximate surface area is 169 Å². The van der Waals surface area contributed by atoms with Gasteiger partial charge >= 0.3 is 5.69 Å². The first-order valence-corrected chi connectivity index (χ1v) is 8.79. The molecule has 0 saturated heterocycles. The van der Waals surface area contributed by atoms with Crippen LogP contribution in [0.25, 0.3) is 22.6 Å². The van der Waals surface area contributed by atoms with E-state index in [2.05, 4.69) is 15.0 Å². The Hall–Kier alpha value is -3.19. The summed E-state index contributed by atoms with van der Waals surface area (Å²) >= 11 is 0. The quantitative estimate of drug-likeness (QED) is 0.197. The van der Waals surface area contributed by atoms with E-state index in [0.29, 0.717) is 11.0 Å². The van der Waals surface area contributed by atoms with Crippen LogP contribution in [0.15, 0.2) is 21.7 Å². The first-order chi connectivity index (χ1) is 14.1. The number of aromatic nitrogens is 4. The Kier molecular flexibility index (Phi) is 7.34. The lowest BCUT2D eigenvalue weighted by Crippen LogP contribution is -2.42. The lowest BCUT2D eigenvalue weighted by Gasteiger charge is -2.25. The monoisotopic (exact) mass is 422 g/mol. The van der Waals surface area contributed by atoms with Crippen molar-refractivity contribution in [3.63, 3.8) is 0 Å². The summed E-state index contributed by atoms with van der Waals surface area (Å²) in [4.78, 5) is 42.4. The number of H-pyrrole nitrogens is 1. The van der Waals surface area contributed by atoms with E-state index in [1.807, 2.05) is 13.8 Å². The number of aromatic amines is 1. The van der Waals surface area contributed by atoms with E-state index in [9.17, 15) is 24.9 Å². The van der Waals surface area contributed by atoms with Gasteiger partial charge in [0.25, 0.3) is 12.0 Å². The van der Waals surface area contributed by atoms with Crippen LogP contribution in [0.2, 0.25) is 0 Å². The molecule has 0 aliphatic carbocycles. The molecule has 3 rings (SSSR count). The zero-order valence-electron chi connectivity index (χ0n) is 16.2. The molecular weight excluding hydrogens is 400 g/mol. The first-order valence-electron chi connectivity index (χ1n) is 8.79. The van der Waals surface area contributed by atoms with Crippen LogP contribution in [0.1, 0.15) is 11.1 Å². The number of hydrogen-bond donors (Lipinski definition) is 6. The van der Waals surface area contributed by atoms with E-state index in [4.69, 9.17) is 15.0 Å². The van der Waals surface area contributed by atoms with Gasteiger partial charge in [-0.25, -0.2) is 9.78 Å². The molecule has 0 spiro atoms. The zero-order valence-corrected chi connectivity index (χ0v) is 16.2. The van der Waals surface area contributed by atoms with Crippen molar-refractivity contribution in [1.82, 2.24) is 19.5 Å². The topological polar surface area (TPSA) is 199 Å². The standard InChI is InChI=1S/C17H20N4O6.CH2O2/c1-7-3-9-10(4-8(7)2)21(5-11(23)14(25)12(24)6-22)15-13(18-9)16(26)20-17(27)19-15;2-1-3/h3-4,11-12,14,22-25H,5-6H2,1-2H3,(H,20,26,27);1H,(H,2,3)/t11-,12+,14-;/m1./s1. The molecule has 30 heavy (non-hydrogen) atoms. The molecule has 2 aliphatic rings. The Morgan fingerprint density at radius 1 is 1.10 bits per heavy atom. The van der Waals surface area contributed by atoms with Crippen molar-refractivity contribution in [3.05, 3.63) is 44.1 Å². The summed E-state index contributed by atoms with van der Waals surface area (Å²) in [6, 6.07) is 3.53. The van der Waals surface area contributed by atoms with Crippen molar-refractivity contribution in [3.8, 4) is 11.5 Å². The minimum Gasteiger partial charge on any atom is -0.483 e. The molecule has 3 atom stereocenters. The summed E-state index contributed by atoms with van der Waals surface area (Å²) in [6.45, 7) is 2.48. The summed E-state index contributed by atoms with van der Waals surface area (Å²) in [5.74, 6) is -0.0516. The van der Waals surface area contributed by atoms with Crippen molar-refractivity contribution in [1.29, 1.82) is 0 Å². The largest absolute Gasteiger partial charge is 0.483 e. The van der Waals surface area contributed by atoms with Gasteiger partial charge in [-0.05, 0) is 37.1 Å². The van der Waals surface area contributed by atoms with Crippen LogP contribution >= 0.6 is 0 Å². The Morgan fingerprint density at radius 2 is 1.70 bits per heavy atom. The molecule has 0 aromatic heterocycles. The number of rotatable bonds is 5. The molecule has 1 aromatic carbocycles. The molecule has 6 N–H and O–H groups in total. The maximum absolute atomic E-state index is 12.2. The number of aryl methyl sites for hydroxylation is 2. The number of fused-ring (bicyclic) bond motifs is 2. The Bertz CT molecular complexity index is 1130. The van der Waals surface area contributed by atoms with Gasteiger partial charge < -0.3 is 30.1 Å². The summed E-state index contributed by atoms with van der Waals surface area (Å²) < 4.78 is 1.40. The normalized spacial score (nSPS) is 14.1. The second-order valence-corrected chi connectivity index (χ2v) is 6.60. The summed E-state index contributed by atoms with van der Waals surface area (Å²) in [5, 5.41) is 45.7. The molecule has 162 valence electrons. The lowest BCUT2D eigenvalue weighted by molar-refractivity contribution is -0.122. The van der Waals surface area contributed by atoms with Crippen LogP contribution in [-0.4, -0.2) is 76.4 Å². The molecule has 0 radical (unpaired) electrons. The fourth-order valence-corrected chi connectivity index (χ4v) is 2.89. The van der Waals surface area contributed by atoms with E-state index < -0.39 is 36.2 Å². The molecule has 0 unspecified atom stereocenters. The molecular formula is C18H22N4O8. The average molecular weight is 422 g/mol. The highest BCUT2D eigenvalue weighted by molar-refractivity contribution is 5.81. The molecule has 0 amide bonds. The van der Waals surface area contributed by atoms with Gasteiger partial charge in [0.1, 0.15) is 18.3 Å². The van der Waals surface area contributed by atoms with Gasteiger partial charge in [-0.3, -0.25) is 14.6 Å². The van der Waals surface area contributed by atoms with E-state index >= 15 is 0 Å². The SMILES string of the molecule is Cc1cc2nc3c(=O)[nH]c(=O)nc-3n(C[C@@H](O)[C@@H](O)[C@@H](O)CO)c2cc1C.O=CO. The zero-order chi connectivity index (χ0) is 22.6. The van der Waals surface area contributed by atoms with E-state index in [1.165, 1.54) is 4.57 Å². The van der Waals surface area contributed by atoms with Crippen LogP contribution in [0.3, 0.4) is 0 Å². The molecule has 0 saturated carbocycles. The van der Waals surface area contributed by atoms with Gasteiger partial charge in [-0.15, -0.1) is 0 Å². The van der Waals surface area contributed by atoms with Crippen molar-refractivity contribution in [2.75, 3.05) is 6.61 Å². The second-order valence-electron chi connectivity index (χ2n) is 6.60. The fourth-order valence-electron chi connectivity index (χ4n) is 2.89. The summed E-state index contributed by atoms with van der Waals surface area (Å²) in [5.41, 5.74) is 1.11. The molecule has 2 heterocycles. The number of aliphatic hydroxyl groups is 4. The number of carbonyl (C=O) groups is 1. The van der Waals surface area contributed by atoms with Crippen molar-refractivity contribution < 1.29 is 30.3 Å². The third-order valence-corrected chi connectivity index (χ3v) is 4.57. The van der Waals surface area contributed by atoms with Crippen molar-refractivity contribution >= 4 is 17.5 Å². The lowest BCUT2D eigenvalue weighted by atomic mass is 10.1. The summed E-state index contributed by atoms with van der Waals surface area (Å²) in [7, 11) is 0. The minimum absolute atomic E-state index is 0.0516. The van der Waals surface area contributed by atoms with Gasteiger partial charge in [0, 0.05) is 0 Å². The smallest absolute Gasteiger partial charge is 0.349 e. The van der Waals surface area contributed by atoms with Crippen LogP contribution in [0.5, 0.6) is 0 Å². The predicted octanol–water partition coefficient (Wildman–Crippen LogP) is -2.02. The highest BCUT2D eigenvalue weighted by Crippen LogP contribution is 2.24. The maximum Gasteiger partial charge on any atom is 0.349 e. The molecule has 2 aliphatic heterocycles. The number of nitrogens with one attached hydrogen (secondary N) is 1. The predicted molar refractivity (Wildman–Crippen MR) is 104 cm³/mol. The van der Waals surface area contributed by atoms with Gasteiger partial charge in [-0.1, -0.05) is 0 Å². The van der Waals surface area contributed by atoms with E-state index in [0.717, 1.165) is 11.1 Å².